The minimum Gasteiger partial charge on any atom is -0.469 e. The Kier molecular flexibility index (Phi) is 3.61. The maximum absolute atomic E-state index is 12.4. The molecule has 0 unspecified atom stereocenters. The molecule has 120 valence electrons. The third-order valence-electron chi connectivity index (χ3n) is 4.26. The molecule has 2 aromatic heterocycles. The van der Waals surface area contributed by atoms with Gasteiger partial charge in [-0.3, -0.25) is 4.79 Å². The highest BCUT2D eigenvalue weighted by Crippen LogP contribution is 2.32. The molecule has 1 atom stereocenters. The monoisotopic (exact) mass is 319 g/mol. The summed E-state index contributed by atoms with van der Waals surface area (Å²) in [6, 6.07) is 11.8. The number of fused-ring (bicyclic) bond motifs is 1. The third-order valence-corrected chi connectivity index (χ3v) is 4.26. The van der Waals surface area contributed by atoms with Crippen LogP contribution < -0.4 is 5.32 Å². The summed E-state index contributed by atoms with van der Waals surface area (Å²) in [5, 5.41) is 3.20. The van der Waals surface area contributed by atoms with Crippen LogP contribution in [0.4, 0.5) is 11.6 Å². The molecule has 5 nitrogen and oxygen atoms in total. The average molecular weight is 319 g/mol. The summed E-state index contributed by atoms with van der Waals surface area (Å²) in [4.78, 5) is 21.2. The Morgan fingerprint density at radius 2 is 2.12 bits per heavy atom. The highest BCUT2D eigenvalue weighted by molar-refractivity contribution is 5.98. The lowest BCUT2D eigenvalue weighted by Gasteiger charge is -2.21. The zero-order valence-electron chi connectivity index (χ0n) is 13.3. The first kappa shape index (κ1) is 14.6. The van der Waals surface area contributed by atoms with Gasteiger partial charge in [-0.2, -0.15) is 0 Å². The van der Waals surface area contributed by atoms with Crippen molar-refractivity contribution in [3.05, 3.63) is 71.4 Å². The van der Waals surface area contributed by atoms with Crippen LogP contribution in [0.5, 0.6) is 0 Å². The minimum absolute atomic E-state index is 0.0433. The molecule has 3 aromatic rings. The second-order valence-corrected chi connectivity index (χ2v) is 6.09. The van der Waals surface area contributed by atoms with Crippen molar-refractivity contribution in [1.82, 2.24) is 9.97 Å². The molecule has 0 radical (unpaired) electrons. The maximum atomic E-state index is 12.4. The van der Waals surface area contributed by atoms with Crippen LogP contribution in [0.3, 0.4) is 0 Å². The number of hydrogen-bond acceptors (Lipinski definition) is 5. The van der Waals surface area contributed by atoms with Crippen molar-refractivity contribution >= 4 is 17.4 Å². The molecule has 0 aliphatic heterocycles. The van der Waals surface area contributed by atoms with Crippen molar-refractivity contribution < 1.29 is 9.21 Å². The van der Waals surface area contributed by atoms with Gasteiger partial charge in [-0.1, -0.05) is 12.1 Å². The van der Waals surface area contributed by atoms with E-state index >= 15 is 0 Å². The number of aryl methyl sites for hydroxylation is 1. The Balaban J connectivity index is 1.62. The molecule has 1 aliphatic carbocycles. The summed E-state index contributed by atoms with van der Waals surface area (Å²) in [5.74, 6) is 1.45. The Morgan fingerprint density at radius 1 is 1.21 bits per heavy atom. The molecular formula is C19H17N3O2. The van der Waals surface area contributed by atoms with E-state index in [2.05, 4.69) is 15.3 Å². The molecule has 1 aliphatic rings. The number of carbonyl (C=O) groups is 1. The van der Waals surface area contributed by atoms with E-state index in [-0.39, 0.29) is 11.7 Å². The van der Waals surface area contributed by atoms with Crippen molar-refractivity contribution in [2.45, 2.75) is 25.7 Å². The zero-order valence-corrected chi connectivity index (χ0v) is 13.3. The van der Waals surface area contributed by atoms with Gasteiger partial charge < -0.3 is 9.73 Å². The van der Waals surface area contributed by atoms with Crippen LogP contribution in [0, 0.1) is 6.92 Å². The first-order valence-corrected chi connectivity index (χ1v) is 7.95. The number of carbonyl (C=O) groups excluding carboxylic acids is 1. The minimum atomic E-state index is 0.0433. The molecule has 0 fully saturated rings. The summed E-state index contributed by atoms with van der Waals surface area (Å²) in [6.07, 6.45) is 4.38. The summed E-state index contributed by atoms with van der Waals surface area (Å²) < 4.78 is 5.46. The lowest BCUT2D eigenvalue weighted by molar-refractivity contribution is 0.0958. The van der Waals surface area contributed by atoms with E-state index in [4.69, 9.17) is 4.42 Å². The smallest absolute Gasteiger partial charge is 0.227 e. The van der Waals surface area contributed by atoms with Gasteiger partial charge in [0.2, 0.25) is 5.95 Å². The van der Waals surface area contributed by atoms with Gasteiger partial charge in [-0.25, -0.2) is 9.97 Å². The molecule has 0 bridgehead atoms. The molecule has 0 saturated heterocycles. The van der Waals surface area contributed by atoms with Crippen molar-refractivity contribution in [3.8, 4) is 0 Å². The topological polar surface area (TPSA) is 68.0 Å². The summed E-state index contributed by atoms with van der Waals surface area (Å²) in [7, 11) is 0. The number of nitrogens with zero attached hydrogens (tertiary/aromatic N) is 2. The molecule has 1 N–H and O–H groups in total. The van der Waals surface area contributed by atoms with E-state index in [1.807, 2.05) is 43.3 Å². The SMILES string of the molecule is Cc1cccc(Nc2ncc3c(n2)C[C@H](c2ccco2)CC3=O)c1. The quantitative estimate of drug-likeness (QED) is 0.789. The average Bonchev–Trinajstić information content (AvgIpc) is 3.09. The first-order valence-electron chi connectivity index (χ1n) is 7.95. The summed E-state index contributed by atoms with van der Waals surface area (Å²) >= 11 is 0. The third kappa shape index (κ3) is 2.80. The number of hydrogen-bond donors (Lipinski definition) is 1. The van der Waals surface area contributed by atoms with Crippen molar-refractivity contribution in [2.75, 3.05) is 5.32 Å². The molecule has 24 heavy (non-hydrogen) atoms. The molecule has 5 heteroatoms. The second kappa shape index (κ2) is 5.92. The number of rotatable bonds is 3. The van der Waals surface area contributed by atoms with Gasteiger partial charge in [-0.15, -0.1) is 0 Å². The molecule has 2 heterocycles. The van der Waals surface area contributed by atoms with E-state index in [1.165, 1.54) is 0 Å². The van der Waals surface area contributed by atoms with Gasteiger partial charge in [0.05, 0.1) is 17.5 Å². The van der Waals surface area contributed by atoms with Crippen LogP contribution in [0.1, 0.15) is 39.7 Å². The lowest BCUT2D eigenvalue weighted by Crippen LogP contribution is -2.20. The summed E-state index contributed by atoms with van der Waals surface area (Å²) in [5.41, 5.74) is 3.48. The van der Waals surface area contributed by atoms with Gasteiger partial charge in [-0.05, 0) is 36.8 Å². The van der Waals surface area contributed by atoms with Crippen LogP contribution >= 0.6 is 0 Å². The molecule has 4 rings (SSSR count). The summed E-state index contributed by atoms with van der Waals surface area (Å²) in [6.45, 7) is 2.03. The van der Waals surface area contributed by atoms with Crippen molar-refractivity contribution in [3.63, 3.8) is 0 Å². The number of Topliss-reactive ketones (excluding diaryl/α,β-unsaturated/α-hetero) is 1. The van der Waals surface area contributed by atoms with Gasteiger partial charge in [0.1, 0.15) is 5.76 Å². The van der Waals surface area contributed by atoms with Crippen LogP contribution in [-0.4, -0.2) is 15.8 Å². The number of benzene rings is 1. The Bertz CT molecular complexity index is 887. The van der Waals surface area contributed by atoms with E-state index in [0.717, 1.165) is 22.7 Å². The van der Waals surface area contributed by atoms with Crippen LogP contribution in [0.15, 0.2) is 53.3 Å². The predicted molar refractivity (Wildman–Crippen MR) is 90.6 cm³/mol. The van der Waals surface area contributed by atoms with E-state index in [9.17, 15) is 4.79 Å². The largest absolute Gasteiger partial charge is 0.469 e. The lowest BCUT2D eigenvalue weighted by atomic mass is 9.85. The van der Waals surface area contributed by atoms with Crippen LogP contribution in [0.2, 0.25) is 0 Å². The number of ketones is 1. The highest BCUT2D eigenvalue weighted by atomic mass is 16.3. The molecule has 0 spiro atoms. The van der Waals surface area contributed by atoms with Crippen molar-refractivity contribution in [1.29, 1.82) is 0 Å². The standard InChI is InChI=1S/C19H17N3O2/c1-12-4-2-5-14(8-12)21-19-20-11-15-16(22-19)9-13(10-17(15)23)18-6-3-7-24-18/h2-8,11,13H,9-10H2,1H3,(H,20,21,22)/t13-/m0/s1. The fraction of sp³-hybridized carbons (Fsp3) is 0.211. The molecular weight excluding hydrogens is 302 g/mol. The molecule has 1 aromatic carbocycles. The van der Waals surface area contributed by atoms with Gasteiger partial charge >= 0.3 is 0 Å². The number of furan rings is 1. The van der Waals surface area contributed by atoms with Crippen molar-refractivity contribution in [2.24, 2.45) is 0 Å². The number of anilines is 2. The highest BCUT2D eigenvalue weighted by Gasteiger charge is 2.29. The van der Waals surface area contributed by atoms with Crippen LogP contribution in [-0.2, 0) is 6.42 Å². The normalized spacial score (nSPS) is 16.7. The number of aromatic nitrogens is 2. The Morgan fingerprint density at radius 3 is 2.92 bits per heavy atom. The Hall–Kier alpha value is -2.95. The predicted octanol–water partition coefficient (Wildman–Crippen LogP) is 4.03. The fourth-order valence-corrected chi connectivity index (χ4v) is 3.08. The van der Waals surface area contributed by atoms with E-state index in [1.54, 1.807) is 12.5 Å². The second-order valence-electron chi connectivity index (χ2n) is 6.09. The number of nitrogens with one attached hydrogen (secondary N) is 1. The first-order chi connectivity index (χ1) is 11.7. The molecule has 0 saturated carbocycles. The Labute approximate surface area is 139 Å². The van der Waals surface area contributed by atoms with Gasteiger partial charge in [0.25, 0.3) is 0 Å². The van der Waals surface area contributed by atoms with E-state index in [0.29, 0.717) is 24.4 Å². The van der Waals surface area contributed by atoms with Gasteiger partial charge in [0, 0.05) is 30.6 Å². The van der Waals surface area contributed by atoms with Crippen LogP contribution in [0.25, 0.3) is 0 Å². The zero-order chi connectivity index (χ0) is 16.5. The fourth-order valence-electron chi connectivity index (χ4n) is 3.08. The van der Waals surface area contributed by atoms with E-state index < -0.39 is 0 Å². The maximum Gasteiger partial charge on any atom is 0.227 e. The van der Waals surface area contributed by atoms with Gasteiger partial charge in [0.15, 0.2) is 5.78 Å². The molecule has 0 amide bonds.